The molecule has 270 valence electrons. The number of likely N-dealkylation sites (N-methyl/N-ethyl adjacent to an activating group) is 1. The Morgan fingerprint density at radius 1 is 0.880 bits per heavy atom. The van der Waals surface area contributed by atoms with Crippen LogP contribution in [0.4, 0.5) is 0 Å². The van der Waals surface area contributed by atoms with E-state index in [2.05, 4.69) is 25.8 Å². The van der Waals surface area contributed by atoms with Gasteiger partial charge in [-0.1, -0.05) is 0 Å². The van der Waals surface area contributed by atoms with Gasteiger partial charge in [0, 0.05) is 109 Å². The number of carbonyl (C=O) groups is 4. The molecule has 2 aromatic rings. The predicted octanol–water partition coefficient (Wildman–Crippen LogP) is 1.26. The van der Waals surface area contributed by atoms with Crippen molar-refractivity contribution < 1.29 is 29.0 Å². The van der Waals surface area contributed by atoms with Crippen LogP contribution in [-0.4, -0.2) is 174 Å². The number of aliphatic carboxylic acids is 1. The van der Waals surface area contributed by atoms with Gasteiger partial charge in [0.1, 0.15) is 11.8 Å². The molecular weight excluding hydrogens is 640 g/mol. The van der Waals surface area contributed by atoms with Gasteiger partial charge >= 0.3 is 5.97 Å². The highest BCUT2D eigenvalue weighted by molar-refractivity contribution is 6.08. The molecule has 0 unspecified atom stereocenters. The lowest BCUT2D eigenvalue weighted by molar-refractivity contribution is -0.138. The largest absolute Gasteiger partial charge is 0.494 e. The SMILES string of the molecule is CN1CCN(CC(=O)O)CCN(CC(=O)N2CCN(CCCOc3ccc4nccc(C(=O)CCC(=O)N5CCC[C@H]5C#N)c4c3)CC2)CC1. The number of ether oxygens (including phenoxy) is 1. The summed E-state index contributed by atoms with van der Waals surface area (Å²) in [6.45, 7) is 9.64. The lowest BCUT2D eigenvalue weighted by Gasteiger charge is -2.36. The number of amides is 2. The van der Waals surface area contributed by atoms with Crippen LogP contribution in [0.3, 0.4) is 0 Å². The summed E-state index contributed by atoms with van der Waals surface area (Å²) >= 11 is 0. The van der Waals surface area contributed by atoms with Gasteiger partial charge < -0.3 is 24.5 Å². The summed E-state index contributed by atoms with van der Waals surface area (Å²) < 4.78 is 6.07. The number of hydrogen-bond donors (Lipinski definition) is 1. The lowest BCUT2D eigenvalue weighted by Crippen LogP contribution is -2.52. The highest BCUT2D eigenvalue weighted by Gasteiger charge is 2.29. The standard InChI is InChI=1S/C36H50N8O6/c1-39-13-15-41(17-18-42(16-14-39)27-36(48)49)26-35(47)43-21-19-40(20-22-43)11-3-23-50-29-5-6-32-31(24-29)30(9-10-38-32)33(45)7-8-34(46)44-12-2-4-28(44)25-37/h5-6,9-10,24,28H,2-4,7-8,11-23,26-27H2,1H3,(H,48,49)/t28-/m0/s1. The van der Waals surface area contributed by atoms with E-state index in [-0.39, 0.29) is 37.0 Å². The number of aromatic nitrogens is 1. The fourth-order valence-electron chi connectivity index (χ4n) is 6.90. The predicted molar refractivity (Wildman–Crippen MR) is 187 cm³/mol. The number of carboxylic acid groups (broad SMARTS) is 1. The Morgan fingerprint density at radius 2 is 1.58 bits per heavy atom. The molecule has 2 amide bonds. The van der Waals surface area contributed by atoms with Crippen molar-refractivity contribution in [1.29, 1.82) is 5.26 Å². The third-order valence-corrected chi connectivity index (χ3v) is 9.96. The molecule has 1 N–H and O–H groups in total. The summed E-state index contributed by atoms with van der Waals surface area (Å²) in [5, 5.41) is 19.2. The zero-order chi connectivity index (χ0) is 35.5. The van der Waals surface area contributed by atoms with Crippen molar-refractivity contribution in [3.8, 4) is 11.8 Å². The van der Waals surface area contributed by atoms with Gasteiger partial charge in [-0.25, -0.2) is 0 Å². The first-order valence-electron chi connectivity index (χ1n) is 17.8. The molecule has 3 saturated heterocycles. The molecule has 14 nitrogen and oxygen atoms in total. The van der Waals surface area contributed by atoms with Crippen molar-refractivity contribution in [2.75, 3.05) is 105 Å². The number of benzene rings is 1. The van der Waals surface area contributed by atoms with E-state index in [4.69, 9.17) is 4.74 Å². The van der Waals surface area contributed by atoms with Crippen LogP contribution in [0, 0.1) is 11.3 Å². The molecule has 1 aromatic heterocycles. The minimum absolute atomic E-state index is 0.0139. The van der Waals surface area contributed by atoms with E-state index in [9.17, 15) is 29.5 Å². The van der Waals surface area contributed by atoms with Crippen molar-refractivity contribution in [3.05, 3.63) is 36.0 Å². The summed E-state index contributed by atoms with van der Waals surface area (Å²) in [7, 11) is 2.03. The molecule has 1 aromatic carbocycles. The van der Waals surface area contributed by atoms with Crippen LogP contribution in [0.25, 0.3) is 10.9 Å². The Bertz CT molecular complexity index is 1540. The topological polar surface area (TPSA) is 154 Å². The van der Waals surface area contributed by atoms with Crippen LogP contribution in [-0.2, 0) is 14.4 Å². The van der Waals surface area contributed by atoms with Crippen LogP contribution in [0.5, 0.6) is 5.75 Å². The van der Waals surface area contributed by atoms with E-state index in [0.29, 0.717) is 81.1 Å². The second-order valence-corrected chi connectivity index (χ2v) is 13.5. The quantitative estimate of drug-likeness (QED) is 0.238. The van der Waals surface area contributed by atoms with Gasteiger partial charge in [0.25, 0.3) is 0 Å². The minimum atomic E-state index is -0.829. The van der Waals surface area contributed by atoms with E-state index in [0.717, 1.165) is 52.1 Å². The molecule has 3 aliphatic rings. The van der Waals surface area contributed by atoms with Crippen molar-refractivity contribution in [1.82, 2.24) is 34.4 Å². The number of Topliss-reactive ketones (excluding diaryl/α,β-unsaturated/α-hetero) is 1. The molecule has 0 spiro atoms. The highest BCUT2D eigenvalue weighted by Crippen LogP contribution is 2.25. The van der Waals surface area contributed by atoms with E-state index in [1.165, 1.54) is 0 Å². The number of nitriles is 1. The molecule has 14 heteroatoms. The Balaban J connectivity index is 1.04. The molecule has 0 saturated carbocycles. The second kappa shape index (κ2) is 18.2. The van der Waals surface area contributed by atoms with Gasteiger partial charge in [-0.2, -0.15) is 5.26 Å². The summed E-state index contributed by atoms with van der Waals surface area (Å²) in [6, 6.07) is 8.99. The molecule has 50 heavy (non-hydrogen) atoms. The smallest absolute Gasteiger partial charge is 0.317 e. The van der Waals surface area contributed by atoms with E-state index >= 15 is 0 Å². The highest BCUT2D eigenvalue weighted by atomic mass is 16.5. The van der Waals surface area contributed by atoms with Crippen molar-refractivity contribution >= 4 is 34.5 Å². The summed E-state index contributed by atoms with van der Waals surface area (Å²) in [4.78, 5) is 66.8. The van der Waals surface area contributed by atoms with Crippen LogP contribution in [0.2, 0.25) is 0 Å². The second-order valence-electron chi connectivity index (χ2n) is 13.5. The molecule has 0 aliphatic carbocycles. The van der Waals surface area contributed by atoms with Gasteiger partial charge in [0.2, 0.25) is 11.8 Å². The Labute approximate surface area is 294 Å². The summed E-state index contributed by atoms with van der Waals surface area (Å²) in [5.74, 6) is -0.354. The van der Waals surface area contributed by atoms with Gasteiger partial charge in [-0.05, 0) is 50.6 Å². The van der Waals surface area contributed by atoms with Crippen LogP contribution >= 0.6 is 0 Å². The lowest BCUT2D eigenvalue weighted by atomic mass is 10.0. The Morgan fingerprint density at radius 3 is 2.30 bits per heavy atom. The maximum atomic E-state index is 13.2. The molecular formula is C36H50N8O6. The number of rotatable bonds is 13. The van der Waals surface area contributed by atoms with Gasteiger partial charge in [-0.3, -0.25) is 38.9 Å². The number of fused-ring (bicyclic) bond motifs is 1. The number of nitrogens with zero attached hydrogens (tertiary/aromatic N) is 8. The maximum absolute atomic E-state index is 13.2. The van der Waals surface area contributed by atoms with Gasteiger partial charge in [0.05, 0.1) is 31.3 Å². The van der Waals surface area contributed by atoms with Crippen molar-refractivity contribution in [2.24, 2.45) is 0 Å². The average Bonchev–Trinajstić information content (AvgIpc) is 3.63. The monoisotopic (exact) mass is 690 g/mol. The van der Waals surface area contributed by atoms with E-state index in [1.54, 1.807) is 17.2 Å². The molecule has 3 aliphatic heterocycles. The van der Waals surface area contributed by atoms with Crippen LogP contribution in [0.15, 0.2) is 30.5 Å². The zero-order valence-corrected chi connectivity index (χ0v) is 29.2. The first kappa shape index (κ1) is 37.1. The molecule has 3 fully saturated rings. The first-order chi connectivity index (χ1) is 24.2. The molecule has 4 heterocycles. The molecule has 5 rings (SSSR count). The number of likely N-dealkylation sites (tertiary alicyclic amines) is 1. The zero-order valence-electron chi connectivity index (χ0n) is 29.2. The van der Waals surface area contributed by atoms with Crippen molar-refractivity contribution in [2.45, 2.75) is 38.1 Å². The average molecular weight is 691 g/mol. The van der Waals surface area contributed by atoms with Crippen molar-refractivity contribution in [3.63, 3.8) is 0 Å². The number of carbonyl (C=O) groups excluding carboxylic acids is 3. The fourth-order valence-corrected chi connectivity index (χ4v) is 6.90. The normalized spacial score (nSPS) is 20.2. The van der Waals surface area contributed by atoms with E-state index < -0.39 is 12.0 Å². The van der Waals surface area contributed by atoms with Crippen LogP contribution in [0.1, 0.15) is 42.5 Å². The fraction of sp³-hybridized carbons (Fsp3) is 0.611. The third-order valence-electron chi connectivity index (χ3n) is 9.96. The minimum Gasteiger partial charge on any atom is -0.494 e. The number of ketones is 1. The number of carboxylic acids is 1. The summed E-state index contributed by atoms with van der Waals surface area (Å²) in [5.41, 5.74) is 1.19. The van der Waals surface area contributed by atoms with Gasteiger partial charge in [-0.15, -0.1) is 0 Å². The number of hydrogen-bond acceptors (Lipinski definition) is 11. The van der Waals surface area contributed by atoms with Gasteiger partial charge in [0.15, 0.2) is 5.78 Å². The molecule has 0 radical (unpaired) electrons. The summed E-state index contributed by atoms with van der Waals surface area (Å²) in [6.07, 6.45) is 4.05. The maximum Gasteiger partial charge on any atom is 0.317 e. The molecule has 1 atom stereocenters. The number of piperazine rings is 1. The third kappa shape index (κ3) is 10.4. The van der Waals surface area contributed by atoms with E-state index in [1.807, 2.05) is 35.0 Å². The molecule has 0 bridgehead atoms. The Hall–Kier alpha value is -4.16. The first-order valence-corrected chi connectivity index (χ1v) is 17.8. The number of pyridine rings is 1. The van der Waals surface area contributed by atoms with Crippen LogP contribution < -0.4 is 4.74 Å². The Kier molecular flexibility index (Phi) is 13.5.